The normalized spacial score (nSPS) is 12.1. The monoisotopic (exact) mass is 361 g/mol. The highest BCUT2D eigenvalue weighted by atomic mass is 79.9. The Labute approximate surface area is 137 Å². The number of carbonyl (C=O) groups excluding carboxylic acids is 1. The van der Waals surface area contributed by atoms with Crippen LogP contribution < -0.4 is 5.32 Å². The van der Waals surface area contributed by atoms with Gasteiger partial charge >= 0.3 is 5.97 Å². The van der Waals surface area contributed by atoms with Crippen molar-refractivity contribution < 1.29 is 14.6 Å². The van der Waals surface area contributed by atoms with Gasteiger partial charge in [-0.2, -0.15) is 0 Å². The van der Waals surface area contributed by atoms with Crippen LogP contribution in [-0.4, -0.2) is 18.2 Å². The predicted molar refractivity (Wildman–Crippen MR) is 90.2 cm³/mol. The Morgan fingerprint density at radius 2 is 2.00 bits per heavy atom. The number of halogens is 1. The highest BCUT2D eigenvalue weighted by Gasteiger charge is 2.07. The molecule has 5 heteroatoms. The van der Waals surface area contributed by atoms with E-state index in [0.717, 1.165) is 21.3 Å². The first-order chi connectivity index (χ1) is 10.6. The molecule has 0 aliphatic rings. The molecule has 0 fully saturated rings. The van der Waals surface area contributed by atoms with Crippen LogP contribution in [0, 0.1) is 0 Å². The third kappa shape index (κ3) is 4.72. The number of hydrogen-bond acceptors (Lipinski definition) is 4. The maximum absolute atomic E-state index is 11.1. The fourth-order valence-electron chi connectivity index (χ4n) is 1.85. The van der Waals surface area contributed by atoms with Gasteiger partial charge in [-0.25, -0.2) is 4.79 Å². The summed E-state index contributed by atoms with van der Waals surface area (Å²) >= 11 is 3.36. The van der Waals surface area contributed by atoms with E-state index in [1.165, 1.54) is 13.2 Å². The summed E-state index contributed by atoms with van der Waals surface area (Å²) in [5, 5.41) is 13.2. The van der Waals surface area contributed by atoms with Crippen LogP contribution in [0.2, 0.25) is 0 Å². The van der Waals surface area contributed by atoms with Crippen LogP contribution >= 0.6 is 15.9 Å². The molecule has 2 aromatic carbocycles. The highest BCUT2D eigenvalue weighted by Crippen LogP contribution is 2.20. The molecule has 0 saturated carbocycles. The molecule has 0 heterocycles. The zero-order valence-corrected chi connectivity index (χ0v) is 13.6. The molecule has 0 spiro atoms. The molecule has 114 valence electrons. The van der Waals surface area contributed by atoms with Crippen molar-refractivity contribution in [3.05, 3.63) is 70.2 Å². The maximum atomic E-state index is 11.1. The number of benzene rings is 2. The molecule has 4 nitrogen and oxygen atoms in total. The van der Waals surface area contributed by atoms with Crippen molar-refractivity contribution in [1.29, 1.82) is 0 Å². The first-order valence-corrected chi connectivity index (χ1v) is 7.44. The molecule has 0 aliphatic carbocycles. The molecule has 0 bridgehead atoms. The number of hydrogen-bond donors (Lipinski definition) is 2. The van der Waals surface area contributed by atoms with E-state index < -0.39 is 12.2 Å². The molecule has 1 atom stereocenters. The standard InChI is InChI=1S/C17H16BrNO3/c1-22-16(20)10-5-12-3-2-4-15(11-12)19-17(21)13-6-8-14(18)9-7-13/h2-11,17,19,21H,1H3/b10-5+. The van der Waals surface area contributed by atoms with Crippen molar-refractivity contribution in [3.63, 3.8) is 0 Å². The van der Waals surface area contributed by atoms with Gasteiger partial charge in [0.2, 0.25) is 0 Å². The van der Waals surface area contributed by atoms with Crippen LogP contribution in [-0.2, 0) is 9.53 Å². The lowest BCUT2D eigenvalue weighted by Crippen LogP contribution is -2.09. The third-order valence-electron chi connectivity index (χ3n) is 2.99. The van der Waals surface area contributed by atoms with Gasteiger partial charge in [-0.15, -0.1) is 0 Å². The molecule has 1 unspecified atom stereocenters. The van der Waals surface area contributed by atoms with Crippen LogP contribution in [0.3, 0.4) is 0 Å². The van der Waals surface area contributed by atoms with Gasteiger partial charge in [-0.3, -0.25) is 0 Å². The average molecular weight is 362 g/mol. The van der Waals surface area contributed by atoms with Gasteiger partial charge in [-0.1, -0.05) is 40.2 Å². The molecule has 2 rings (SSSR count). The van der Waals surface area contributed by atoms with E-state index in [9.17, 15) is 9.90 Å². The van der Waals surface area contributed by atoms with E-state index in [1.807, 2.05) is 48.5 Å². The SMILES string of the molecule is COC(=O)/C=C/c1cccc(NC(O)c2ccc(Br)cc2)c1. The quantitative estimate of drug-likeness (QED) is 0.483. The number of esters is 1. The Morgan fingerprint density at radius 3 is 2.68 bits per heavy atom. The number of anilines is 1. The molecule has 2 N–H and O–H groups in total. The zero-order valence-electron chi connectivity index (χ0n) is 12.0. The van der Waals surface area contributed by atoms with Crippen molar-refractivity contribution in [2.24, 2.45) is 0 Å². The maximum Gasteiger partial charge on any atom is 0.330 e. The van der Waals surface area contributed by atoms with Crippen LogP contribution in [0.15, 0.2) is 59.1 Å². The summed E-state index contributed by atoms with van der Waals surface area (Å²) < 4.78 is 5.51. The molecule has 0 saturated heterocycles. The smallest absolute Gasteiger partial charge is 0.330 e. The number of ether oxygens (including phenoxy) is 1. The second-order valence-corrected chi connectivity index (χ2v) is 5.50. The van der Waals surface area contributed by atoms with Crippen molar-refractivity contribution >= 4 is 33.7 Å². The third-order valence-corrected chi connectivity index (χ3v) is 3.52. The predicted octanol–water partition coefficient (Wildman–Crippen LogP) is 3.74. The number of rotatable bonds is 5. The van der Waals surface area contributed by atoms with Crippen LogP contribution in [0.4, 0.5) is 5.69 Å². The summed E-state index contributed by atoms with van der Waals surface area (Å²) in [5.74, 6) is -0.409. The van der Waals surface area contributed by atoms with Gasteiger partial charge in [0.15, 0.2) is 6.23 Å². The van der Waals surface area contributed by atoms with Gasteiger partial charge < -0.3 is 15.2 Å². The number of nitrogens with one attached hydrogen (secondary N) is 1. The van der Waals surface area contributed by atoms with Gasteiger partial charge in [0.1, 0.15) is 0 Å². The number of aliphatic hydroxyl groups is 1. The van der Waals surface area contributed by atoms with E-state index in [-0.39, 0.29) is 0 Å². The van der Waals surface area contributed by atoms with Crippen LogP contribution in [0.1, 0.15) is 17.4 Å². The number of aliphatic hydroxyl groups excluding tert-OH is 1. The Bertz CT molecular complexity index is 668. The summed E-state index contributed by atoms with van der Waals surface area (Å²) in [6.07, 6.45) is 2.20. The molecular formula is C17H16BrNO3. The minimum absolute atomic E-state index is 0.409. The number of methoxy groups -OCH3 is 1. The second-order valence-electron chi connectivity index (χ2n) is 4.58. The topological polar surface area (TPSA) is 58.6 Å². The van der Waals surface area contributed by atoms with Crippen molar-refractivity contribution in [1.82, 2.24) is 0 Å². The van der Waals surface area contributed by atoms with E-state index in [0.29, 0.717) is 0 Å². The van der Waals surface area contributed by atoms with E-state index in [1.54, 1.807) is 6.08 Å². The highest BCUT2D eigenvalue weighted by molar-refractivity contribution is 9.10. The fourth-order valence-corrected chi connectivity index (χ4v) is 2.12. The lowest BCUT2D eigenvalue weighted by Gasteiger charge is -2.15. The minimum Gasteiger partial charge on any atom is -0.466 e. The average Bonchev–Trinajstić information content (AvgIpc) is 2.53. The number of carbonyl (C=O) groups is 1. The van der Waals surface area contributed by atoms with Crippen LogP contribution in [0.25, 0.3) is 6.08 Å². The largest absolute Gasteiger partial charge is 0.466 e. The van der Waals surface area contributed by atoms with Gasteiger partial charge in [0.05, 0.1) is 7.11 Å². The van der Waals surface area contributed by atoms with Gasteiger partial charge in [0.25, 0.3) is 0 Å². The Morgan fingerprint density at radius 1 is 1.27 bits per heavy atom. The van der Waals surface area contributed by atoms with E-state index >= 15 is 0 Å². The molecular weight excluding hydrogens is 346 g/mol. The molecule has 0 aromatic heterocycles. The molecule has 22 heavy (non-hydrogen) atoms. The Hall–Kier alpha value is -2.11. The second kappa shape index (κ2) is 7.77. The Balaban J connectivity index is 2.08. The lowest BCUT2D eigenvalue weighted by molar-refractivity contribution is -0.134. The first-order valence-electron chi connectivity index (χ1n) is 6.64. The zero-order chi connectivity index (χ0) is 15.9. The summed E-state index contributed by atoms with van der Waals surface area (Å²) in [4.78, 5) is 11.1. The molecule has 0 radical (unpaired) electrons. The van der Waals surface area contributed by atoms with Crippen molar-refractivity contribution in [3.8, 4) is 0 Å². The molecule has 0 amide bonds. The first kappa shape index (κ1) is 16.3. The van der Waals surface area contributed by atoms with Crippen LogP contribution in [0.5, 0.6) is 0 Å². The summed E-state index contributed by atoms with van der Waals surface area (Å²) in [5.41, 5.74) is 2.35. The van der Waals surface area contributed by atoms with E-state index in [2.05, 4.69) is 26.0 Å². The van der Waals surface area contributed by atoms with Gasteiger partial charge in [-0.05, 0) is 35.9 Å². The summed E-state index contributed by atoms with van der Waals surface area (Å²) in [7, 11) is 1.33. The Kier molecular flexibility index (Phi) is 5.75. The molecule has 0 aliphatic heterocycles. The molecule has 2 aromatic rings. The van der Waals surface area contributed by atoms with Crippen molar-refractivity contribution in [2.45, 2.75) is 6.23 Å². The van der Waals surface area contributed by atoms with E-state index in [4.69, 9.17) is 0 Å². The minimum atomic E-state index is -0.812. The lowest BCUT2D eigenvalue weighted by atomic mass is 10.1. The van der Waals surface area contributed by atoms with Gasteiger partial charge in [0, 0.05) is 21.8 Å². The fraction of sp³-hybridized carbons (Fsp3) is 0.118. The summed E-state index contributed by atoms with van der Waals surface area (Å²) in [6, 6.07) is 14.8. The summed E-state index contributed by atoms with van der Waals surface area (Å²) in [6.45, 7) is 0. The van der Waals surface area contributed by atoms with Crippen molar-refractivity contribution in [2.75, 3.05) is 12.4 Å².